The number of benzene rings is 1. The Morgan fingerprint density at radius 2 is 2.06 bits per heavy atom. The highest BCUT2D eigenvalue weighted by Gasteiger charge is 2.23. The molecule has 0 bridgehead atoms. The van der Waals surface area contributed by atoms with Crippen LogP contribution in [0.3, 0.4) is 0 Å². The van der Waals surface area contributed by atoms with Crippen LogP contribution in [-0.4, -0.2) is 6.61 Å². The van der Waals surface area contributed by atoms with Crippen LogP contribution in [0.4, 0.5) is 0 Å². The van der Waals surface area contributed by atoms with Crippen LogP contribution in [0.1, 0.15) is 43.7 Å². The Morgan fingerprint density at radius 3 is 2.62 bits per heavy atom. The Bertz CT molecular complexity index is 381. The van der Waals surface area contributed by atoms with Crippen molar-refractivity contribution in [1.29, 1.82) is 0 Å². The van der Waals surface area contributed by atoms with Crippen LogP contribution in [0.2, 0.25) is 5.02 Å². The zero-order valence-electron chi connectivity index (χ0n) is 10.2. The Hall–Kier alpha value is -0.690. The molecule has 2 rings (SSSR count). The number of halogens is 1. The van der Waals surface area contributed by atoms with Gasteiger partial charge in [0.2, 0.25) is 0 Å². The lowest BCUT2D eigenvalue weighted by atomic mass is 9.97. The molecule has 0 aliphatic heterocycles. The summed E-state index contributed by atoms with van der Waals surface area (Å²) in [5.74, 6) is 2.17. The summed E-state index contributed by atoms with van der Waals surface area (Å²) in [6.07, 6.45) is 2.61. The van der Waals surface area contributed by atoms with Crippen molar-refractivity contribution in [1.82, 2.24) is 0 Å². The quantitative estimate of drug-likeness (QED) is 0.747. The molecule has 1 saturated carbocycles. The molecular formula is C14H19ClO. The van der Waals surface area contributed by atoms with E-state index in [0.29, 0.717) is 5.92 Å². The highest BCUT2D eigenvalue weighted by molar-refractivity contribution is 6.32. The summed E-state index contributed by atoms with van der Waals surface area (Å²) < 4.78 is 5.85. The summed E-state index contributed by atoms with van der Waals surface area (Å²) in [4.78, 5) is 0. The predicted molar refractivity (Wildman–Crippen MR) is 68.5 cm³/mol. The van der Waals surface area contributed by atoms with E-state index in [-0.39, 0.29) is 0 Å². The Balaban J connectivity index is 2.22. The van der Waals surface area contributed by atoms with E-state index in [9.17, 15) is 0 Å². The fraction of sp³-hybridized carbons (Fsp3) is 0.571. The maximum absolute atomic E-state index is 6.19. The van der Waals surface area contributed by atoms with Gasteiger partial charge in [0, 0.05) is 0 Å². The molecule has 0 amide bonds. The van der Waals surface area contributed by atoms with Crippen LogP contribution in [0.25, 0.3) is 0 Å². The van der Waals surface area contributed by atoms with Gasteiger partial charge in [0.05, 0.1) is 11.6 Å². The van der Waals surface area contributed by atoms with Gasteiger partial charge in [0.25, 0.3) is 0 Å². The van der Waals surface area contributed by atoms with Crippen LogP contribution in [0.5, 0.6) is 5.75 Å². The molecule has 0 N–H and O–H groups in total. The van der Waals surface area contributed by atoms with E-state index in [0.717, 1.165) is 23.3 Å². The Morgan fingerprint density at radius 1 is 1.38 bits per heavy atom. The average molecular weight is 239 g/mol. The monoisotopic (exact) mass is 238 g/mol. The van der Waals surface area contributed by atoms with E-state index >= 15 is 0 Å². The smallest absolute Gasteiger partial charge is 0.141 e. The summed E-state index contributed by atoms with van der Waals surface area (Å²) >= 11 is 6.19. The number of hydrogen-bond donors (Lipinski definition) is 0. The first-order valence-corrected chi connectivity index (χ1v) is 6.39. The van der Waals surface area contributed by atoms with Gasteiger partial charge in [-0.05, 0) is 48.8 Å². The highest BCUT2D eigenvalue weighted by atomic mass is 35.5. The SMILES string of the molecule is Cc1c(C(C)C)ccc(Cl)c1OCC1CC1. The minimum absolute atomic E-state index is 0.514. The van der Waals surface area contributed by atoms with Crippen molar-refractivity contribution in [2.24, 2.45) is 5.92 Å². The molecule has 0 radical (unpaired) electrons. The molecule has 16 heavy (non-hydrogen) atoms. The summed E-state index contributed by atoms with van der Waals surface area (Å²) in [5, 5.41) is 0.738. The van der Waals surface area contributed by atoms with Crippen LogP contribution < -0.4 is 4.74 Å². The molecule has 2 heteroatoms. The van der Waals surface area contributed by atoms with E-state index in [2.05, 4.69) is 26.8 Å². The second-order valence-electron chi connectivity index (χ2n) is 5.00. The Labute approximate surface area is 103 Å². The second kappa shape index (κ2) is 4.67. The largest absolute Gasteiger partial charge is 0.491 e. The molecule has 1 aliphatic carbocycles. The molecule has 1 nitrogen and oxygen atoms in total. The maximum atomic E-state index is 6.19. The van der Waals surface area contributed by atoms with Crippen molar-refractivity contribution < 1.29 is 4.74 Å². The highest BCUT2D eigenvalue weighted by Crippen LogP contribution is 2.36. The molecule has 0 saturated heterocycles. The van der Waals surface area contributed by atoms with Gasteiger partial charge in [-0.3, -0.25) is 0 Å². The molecule has 1 aromatic rings. The fourth-order valence-corrected chi connectivity index (χ4v) is 2.22. The van der Waals surface area contributed by atoms with Crippen LogP contribution in [-0.2, 0) is 0 Å². The number of hydrogen-bond acceptors (Lipinski definition) is 1. The van der Waals surface area contributed by atoms with Crippen LogP contribution in [0, 0.1) is 12.8 Å². The van der Waals surface area contributed by atoms with Crippen LogP contribution in [0.15, 0.2) is 12.1 Å². The van der Waals surface area contributed by atoms with Crippen molar-refractivity contribution >= 4 is 11.6 Å². The summed E-state index contributed by atoms with van der Waals surface area (Å²) in [7, 11) is 0. The van der Waals surface area contributed by atoms with E-state index in [4.69, 9.17) is 16.3 Å². The number of ether oxygens (including phenoxy) is 1. The lowest BCUT2D eigenvalue weighted by molar-refractivity contribution is 0.297. The lowest BCUT2D eigenvalue weighted by Gasteiger charge is -2.16. The van der Waals surface area contributed by atoms with Crippen molar-refractivity contribution in [2.45, 2.75) is 39.5 Å². The third-order valence-corrected chi connectivity index (χ3v) is 3.48. The standard InChI is InChI=1S/C14H19ClO/c1-9(2)12-6-7-13(15)14(10(12)3)16-8-11-4-5-11/h6-7,9,11H,4-5,8H2,1-3H3. The third-order valence-electron chi connectivity index (χ3n) is 3.18. The number of rotatable bonds is 4. The van der Waals surface area contributed by atoms with Crippen molar-refractivity contribution in [3.05, 3.63) is 28.3 Å². The lowest BCUT2D eigenvalue weighted by Crippen LogP contribution is -2.03. The van der Waals surface area contributed by atoms with E-state index < -0.39 is 0 Å². The van der Waals surface area contributed by atoms with Gasteiger partial charge in [-0.2, -0.15) is 0 Å². The molecule has 1 aromatic carbocycles. The first-order chi connectivity index (χ1) is 7.59. The van der Waals surface area contributed by atoms with Gasteiger partial charge < -0.3 is 4.74 Å². The van der Waals surface area contributed by atoms with Gasteiger partial charge in [-0.25, -0.2) is 0 Å². The van der Waals surface area contributed by atoms with Gasteiger partial charge in [0.15, 0.2) is 0 Å². The molecule has 1 aliphatic rings. The molecule has 0 unspecified atom stereocenters. The predicted octanol–water partition coefficient (Wildman–Crippen LogP) is 4.56. The minimum Gasteiger partial charge on any atom is -0.491 e. The van der Waals surface area contributed by atoms with Crippen molar-refractivity contribution in [3.8, 4) is 5.75 Å². The summed E-state index contributed by atoms with van der Waals surface area (Å²) in [5.41, 5.74) is 2.53. The molecule has 1 fully saturated rings. The van der Waals surface area contributed by atoms with Gasteiger partial charge in [-0.1, -0.05) is 31.5 Å². The molecule has 0 spiro atoms. The van der Waals surface area contributed by atoms with E-state index in [1.807, 2.05) is 6.07 Å². The first kappa shape index (κ1) is 11.8. The zero-order valence-corrected chi connectivity index (χ0v) is 11.0. The molecule has 0 aromatic heterocycles. The Kier molecular flexibility index (Phi) is 3.44. The summed E-state index contributed by atoms with van der Waals surface area (Å²) in [6, 6.07) is 4.05. The second-order valence-corrected chi connectivity index (χ2v) is 5.41. The fourth-order valence-electron chi connectivity index (χ4n) is 1.96. The first-order valence-electron chi connectivity index (χ1n) is 6.01. The average Bonchev–Trinajstić information content (AvgIpc) is 3.00. The zero-order chi connectivity index (χ0) is 11.7. The van der Waals surface area contributed by atoms with E-state index in [1.54, 1.807) is 0 Å². The molecular weight excluding hydrogens is 220 g/mol. The summed E-state index contributed by atoms with van der Waals surface area (Å²) in [6.45, 7) is 7.31. The van der Waals surface area contributed by atoms with Crippen LogP contribution >= 0.6 is 11.6 Å². The van der Waals surface area contributed by atoms with Crippen molar-refractivity contribution in [2.75, 3.05) is 6.61 Å². The molecule has 0 atom stereocenters. The minimum atomic E-state index is 0.514. The third kappa shape index (κ3) is 2.52. The van der Waals surface area contributed by atoms with E-state index in [1.165, 1.54) is 24.0 Å². The topological polar surface area (TPSA) is 9.23 Å². The normalized spacial score (nSPS) is 15.6. The maximum Gasteiger partial charge on any atom is 0.141 e. The molecule has 0 heterocycles. The molecule has 88 valence electrons. The van der Waals surface area contributed by atoms with Gasteiger partial charge >= 0.3 is 0 Å². The van der Waals surface area contributed by atoms with Gasteiger partial charge in [-0.15, -0.1) is 0 Å². The van der Waals surface area contributed by atoms with Crippen molar-refractivity contribution in [3.63, 3.8) is 0 Å². The van der Waals surface area contributed by atoms with Gasteiger partial charge in [0.1, 0.15) is 5.75 Å².